The maximum atomic E-state index is 12.6. The SMILES string of the molecule is CC(C)(C)C(=O)CN1CCN(CC(=O)C(C)(C)C)CCN(CC(=O)C(C)(C)C)CC1. The Balaban J connectivity index is 2.94. The second kappa shape index (κ2) is 10.5. The van der Waals surface area contributed by atoms with Gasteiger partial charge in [0.1, 0.15) is 0 Å². The molecule has 0 aromatic rings. The van der Waals surface area contributed by atoms with Gasteiger partial charge in [-0.15, -0.1) is 0 Å². The molecule has 0 aliphatic carbocycles. The third-order valence-corrected chi connectivity index (χ3v) is 5.81. The van der Waals surface area contributed by atoms with Crippen molar-refractivity contribution in [3.05, 3.63) is 0 Å². The van der Waals surface area contributed by atoms with Gasteiger partial charge in [-0.25, -0.2) is 0 Å². The summed E-state index contributed by atoms with van der Waals surface area (Å²) in [5, 5.41) is 0. The van der Waals surface area contributed by atoms with Gasteiger partial charge in [-0.05, 0) is 0 Å². The first-order valence-electron chi connectivity index (χ1n) is 11.3. The molecule has 0 atom stereocenters. The van der Waals surface area contributed by atoms with Gasteiger partial charge in [0.15, 0.2) is 17.3 Å². The van der Waals surface area contributed by atoms with Crippen molar-refractivity contribution < 1.29 is 14.4 Å². The van der Waals surface area contributed by atoms with Crippen molar-refractivity contribution >= 4 is 17.3 Å². The number of carbonyl (C=O) groups is 3. The van der Waals surface area contributed by atoms with Gasteiger partial charge in [-0.3, -0.25) is 29.1 Å². The fourth-order valence-corrected chi connectivity index (χ4v) is 2.98. The van der Waals surface area contributed by atoms with Crippen molar-refractivity contribution in [3.8, 4) is 0 Å². The van der Waals surface area contributed by atoms with Gasteiger partial charge in [-0.1, -0.05) is 62.3 Å². The van der Waals surface area contributed by atoms with Crippen LogP contribution in [0, 0.1) is 16.2 Å². The minimum Gasteiger partial charge on any atom is -0.298 e. The molecule has 1 rings (SSSR count). The summed E-state index contributed by atoms with van der Waals surface area (Å²) in [4.78, 5) is 44.4. The second-order valence-electron chi connectivity index (χ2n) is 11.8. The molecule has 6 heteroatoms. The molecule has 0 bridgehead atoms. The first kappa shape index (κ1) is 26.9. The zero-order chi connectivity index (χ0) is 23.3. The van der Waals surface area contributed by atoms with E-state index in [-0.39, 0.29) is 33.6 Å². The number of Topliss-reactive ketones (excluding diaryl/α,β-unsaturated/α-hetero) is 3. The number of hydrogen-bond donors (Lipinski definition) is 0. The zero-order valence-corrected chi connectivity index (χ0v) is 20.9. The molecule has 1 aliphatic rings. The minimum absolute atomic E-state index is 0.219. The molecule has 0 N–H and O–H groups in total. The van der Waals surface area contributed by atoms with Crippen LogP contribution in [0.4, 0.5) is 0 Å². The molecule has 6 nitrogen and oxygen atoms in total. The van der Waals surface area contributed by atoms with E-state index in [4.69, 9.17) is 0 Å². The summed E-state index contributed by atoms with van der Waals surface area (Å²) in [6.45, 7) is 23.3. The largest absolute Gasteiger partial charge is 0.298 e. The second-order valence-corrected chi connectivity index (χ2v) is 11.8. The molecule has 0 amide bonds. The lowest BCUT2D eigenvalue weighted by molar-refractivity contribution is -0.128. The molecular formula is C24H45N3O3. The Morgan fingerprint density at radius 2 is 0.633 bits per heavy atom. The highest BCUT2D eigenvalue weighted by Crippen LogP contribution is 2.18. The Morgan fingerprint density at radius 3 is 0.767 bits per heavy atom. The van der Waals surface area contributed by atoms with E-state index in [2.05, 4.69) is 14.7 Å². The van der Waals surface area contributed by atoms with E-state index in [0.717, 1.165) is 39.3 Å². The Labute approximate surface area is 184 Å². The number of carbonyl (C=O) groups excluding carboxylic acids is 3. The first-order valence-corrected chi connectivity index (χ1v) is 11.3. The topological polar surface area (TPSA) is 60.9 Å². The summed E-state index contributed by atoms with van der Waals surface area (Å²) in [7, 11) is 0. The van der Waals surface area contributed by atoms with Gasteiger partial charge >= 0.3 is 0 Å². The van der Waals surface area contributed by atoms with Crippen molar-refractivity contribution in [2.45, 2.75) is 62.3 Å². The van der Waals surface area contributed by atoms with E-state index in [1.807, 2.05) is 62.3 Å². The van der Waals surface area contributed by atoms with Crippen LogP contribution in [0.25, 0.3) is 0 Å². The summed E-state index contributed by atoms with van der Waals surface area (Å²) >= 11 is 0. The van der Waals surface area contributed by atoms with Crippen LogP contribution in [-0.4, -0.2) is 91.0 Å². The maximum Gasteiger partial charge on any atom is 0.152 e. The monoisotopic (exact) mass is 423 g/mol. The van der Waals surface area contributed by atoms with E-state index in [9.17, 15) is 14.4 Å². The molecule has 174 valence electrons. The zero-order valence-electron chi connectivity index (χ0n) is 20.9. The van der Waals surface area contributed by atoms with E-state index in [1.54, 1.807) is 0 Å². The molecule has 1 aliphatic heterocycles. The normalized spacial score (nSPS) is 19.1. The molecule has 30 heavy (non-hydrogen) atoms. The van der Waals surface area contributed by atoms with Gasteiger partial charge < -0.3 is 0 Å². The van der Waals surface area contributed by atoms with Crippen molar-refractivity contribution in [3.63, 3.8) is 0 Å². The van der Waals surface area contributed by atoms with E-state index in [0.29, 0.717) is 19.6 Å². The van der Waals surface area contributed by atoms with E-state index in [1.165, 1.54) is 0 Å². The number of rotatable bonds is 6. The van der Waals surface area contributed by atoms with Gasteiger partial charge in [0.05, 0.1) is 19.6 Å². The average Bonchev–Trinajstić information content (AvgIpc) is 2.65. The molecule has 0 radical (unpaired) electrons. The van der Waals surface area contributed by atoms with Crippen LogP contribution >= 0.6 is 0 Å². The number of ketones is 3. The van der Waals surface area contributed by atoms with Crippen molar-refractivity contribution in [2.75, 3.05) is 58.9 Å². The van der Waals surface area contributed by atoms with Crippen LogP contribution in [0.15, 0.2) is 0 Å². The number of nitrogens with zero attached hydrogens (tertiary/aromatic N) is 3. The fourth-order valence-electron chi connectivity index (χ4n) is 2.98. The lowest BCUT2D eigenvalue weighted by Gasteiger charge is -2.28. The first-order chi connectivity index (χ1) is 13.5. The van der Waals surface area contributed by atoms with Crippen molar-refractivity contribution in [1.29, 1.82) is 0 Å². The molecule has 1 saturated heterocycles. The third-order valence-electron chi connectivity index (χ3n) is 5.81. The summed E-state index contributed by atoms with van der Waals surface area (Å²) in [6.07, 6.45) is 0. The van der Waals surface area contributed by atoms with Crippen LogP contribution in [0.1, 0.15) is 62.3 Å². The molecule has 0 saturated carbocycles. The Morgan fingerprint density at radius 1 is 0.467 bits per heavy atom. The Hall–Kier alpha value is -1.11. The molecule has 1 heterocycles. The number of hydrogen-bond acceptors (Lipinski definition) is 6. The quantitative estimate of drug-likeness (QED) is 0.655. The summed E-state index contributed by atoms with van der Waals surface area (Å²) < 4.78 is 0. The molecule has 0 aromatic heterocycles. The van der Waals surface area contributed by atoms with Crippen LogP contribution in [0.3, 0.4) is 0 Å². The van der Waals surface area contributed by atoms with Crippen LogP contribution in [-0.2, 0) is 14.4 Å². The van der Waals surface area contributed by atoms with Crippen molar-refractivity contribution in [1.82, 2.24) is 14.7 Å². The smallest absolute Gasteiger partial charge is 0.152 e. The summed E-state index contributed by atoms with van der Waals surface area (Å²) in [5.74, 6) is 0.657. The van der Waals surface area contributed by atoms with E-state index >= 15 is 0 Å². The Kier molecular flexibility index (Phi) is 9.40. The highest BCUT2D eigenvalue weighted by molar-refractivity contribution is 5.86. The predicted octanol–water partition coefficient (Wildman–Crippen LogP) is 2.75. The van der Waals surface area contributed by atoms with Gasteiger partial charge in [0.25, 0.3) is 0 Å². The predicted molar refractivity (Wildman–Crippen MR) is 123 cm³/mol. The van der Waals surface area contributed by atoms with E-state index < -0.39 is 0 Å². The molecule has 1 fully saturated rings. The fraction of sp³-hybridized carbons (Fsp3) is 0.875. The molecular weight excluding hydrogens is 378 g/mol. The van der Waals surface area contributed by atoms with Crippen molar-refractivity contribution in [2.24, 2.45) is 16.2 Å². The van der Waals surface area contributed by atoms with Crippen LogP contribution in [0.5, 0.6) is 0 Å². The van der Waals surface area contributed by atoms with Crippen LogP contribution in [0.2, 0.25) is 0 Å². The maximum absolute atomic E-state index is 12.6. The van der Waals surface area contributed by atoms with Gasteiger partial charge in [0, 0.05) is 55.5 Å². The highest BCUT2D eigenvalue weighted by Gasteiger charge is 2.29. The average molecular weight is 424 g/mol. The standard InChI is InChI=1S/C24H45N3O3/c1-22(2,3)19(28)16-25-10-12-26(17-20(29)23(4,5)6)14-15-27(13-11-25)18-21(30)24(7,8)9/h10-18H2,1-9H3. The third kappa shape index (κ3) is 9.36. The Bertz CT molecular complexity index is 511. The minimum atomic E-state index is -0.373. The lowest BCUT2D eigenvalue weighted by Crippen LogP contribution is -2.43. The highest BCUT2D eigenvalue weighted by atomic mass is 16.1. The molecule has 0 spiro atoms. The summed E-state index contributed by atoms with van der Waals surface area (Å²) in [6, 6.07) is 0. The summed E-state index contributed by atoms with van der Waals surface area (Å²) in [5.41, 5.74) is -1.12. The molecule has 0 unspecified atom stereocenters. The van der Waals surface area contributed by atoms with Gasteiger partial charge in [-0.2, -0.15) is 0 Å². The molecule has 0 aromatic carbocycles. The lowest BCUT2D eigenvalue weighted by atomic mass is 9.90. The van der Waals surface area contributed by atoms with Crippen LogP contribution < -0.4 is 0 Å². The van der Waals surface area contributed by atoms with Gasteiger partial charge in [0.2, 0.25) is 0 Å².